The number of alkyl halides is 3. The van der Waals surface area contributed by atoms with Crippen LogP contribution in [-0.2, 0) is 15.8 Å². The van der Waals surface area contributed by atoms with Crippen LogP contribution in [-0.4, -0.2) is 41.1 Å². The molecule has 2 aromatic carbocycles. The Hall–Kier alpha value is -2.71. The highest BCUT2D eigenvalue weighted by Gasteiger charge is 2.64. The molecule has 5 nitrogen and oxygen atoms in total. The minimum Gasteiger partial charge on any atom is -0.292 e. The van der Waals surface area contributed by atoms with Gasteiger partial charge in [-0.15, -0.1) is 0 Å². The van der Waals surface area contributed by atoms with Crippen molar-refractivity contribution in [2.45, 2.75) is 31.1 Å². The SMILES string of the molecule is O=C(c1ccc(Cl)cc1)[C@@H]1[C@@H]2C(=O)N(c3cccc(C(F)(F)F)c3)C(=O)[C@H]2[C@H]2CCCN21. The van der Waals surface area contributed by atoms with E-state index in [1.807, 2.05) is 4.90 Å². The number of hydrogen-bond acceptors (Lipinski definition) is 4. The number of Topliss-reactive ketones (excluding diaryl/α,β-unsaturated/α-hetero) is 1. The Morgan fingerprint density at radius 3 is 2.38 bits per heavy atom. The first-order valence-corrected chi connectivity index (χ1v) is 10.7. The minimum absolute atomic E-state index is 0.119. The number of carbonyl (C=O) groups excluding carboxylic acids is 3. The summed E-state index contributed by atoms with van der Waals surface area (Å²) in [4.78, 5) is 42.9. The van der Waals surface area contributed by atoms with Gasteiger partial charge < -0.3 is 0 Å². The maximum atomic E-state index is 13.4. The number of hydrogen-bond donors (Lipinski definition) is 0. The number of anilines is 1. The molecule has 3 saturated heterocycles. The lowest BCUT2D eigenvalue weighted by molar-refractivity contribution is -0.137. The van der Waals surface area contributed by atoms with Crippen LogP contribution in [0.5, 0.6) is 0 Å². The van der Waals surface area contributed by atoms with E-state index in [4.69, 9.17) is 11.6 Å². The summed E-state index contributed by atoms with van der Waals surface area (Å²) in [6.07, 6.45) is -3.17. The third-order valence-electron chi connectivity index (χ3n) is 6.68. The molecule has 4 atom stereocenters. The molecule has 0 radical (unpaired) electrons. The molecule has 9 heteroatoms. The monoisotopic (exact) mass is 462 g/mol. The average Bonchev–Trinajstić information content (AvgIpc) is 3.39. The number of amides is 2. The molecule has 0 N–H and O–H groups in total. The fourth-order valence-electron chi connectivity index (χ4n) is 5.38. The van der Waals surface area contributed by atoms with Gasteiger partial charge in [0, 0.05) is 16.6 Å². The predicted octanol–water partition coefficient (Wildman–Crippen LogP) is 4.19. The number of halogens is 4. The molecule has 3 aliphatic heterocycles. The Bertz CT molecular complexity index is 1120. The Balaban J connectivity index is 1.54. The van der Waals surface area contributed by atoms with Gasteiger partial charge in [0.15, 0.2) is 5.78 Å². The first-order valence-electron chi connectivity index (χ1n) is 10.3. The van der Waals surface area contributed by atoms with Crippen LogP contribution in [0.3, 0.4) is 0 Å². The van der Waals surface area contributed by atoms with Crippen LogP contribution in [0, 0.1) is 11.8 Å². The number of benzene rings is 2. The van der Waals surface area contributed by atoms with Crippen LogP contribution in [0.25, 0.3) is 0 Å². The first kappa shape index (κ1) is 21.2. The fraction of sp³-hybridized carbons (Fsp3) is 0.348. The van der Waals surface area contributed by atoms with E-state index < -0.39 is 41.4 Å². The van der Waals surface area contributed by atoms with Crippen molar-refractivity contribution in [2.24, 2.45) is 11.8 Å². The molecule has 0 saturated carbocycles. The number of carbonyl (C=O) groups is 3. The lowest BCUT2D eigenvalue weighted by atomic mass is 9.85. The third kappa shape index (κ3) is 3.16. The number of imide groups is 1. The molecule has 0 aromatic heterocycles. The van der Waals surface area contributed by atoms with E-state index in [-0.39, 0.29) is 17.5 Å². The van der Waals surface area contributed by atoms with Crippen molar-refractivity contribution in [1.82, 2.24) is 4.90 Å². The van der Waals surface area contributed by atoms with Crippen LogP contribution >= 0.6 is 11.6 Å². The molecule has 3 aliphatic rings. The van der Waals surface area contributed by atoms with Crippen LogP contribution in [0.2, 0.25) is 5.02 Å². The number of rotatable bonds is 3. The Morgan fingerprint density at radius 1 is 1.00 bits per heavy atom. The second kappa shape index (κ2) is 7.42. The quantitative estimate of drug-likeness (QED) is 0.507. The second-order valence-corrected chi connectivity index (χ2v) is 8.81. The van der Waals surface area contributed by atoms with Gasteiger partial charge in [0.2, 0.25) is 11.8 Å². The Labute approximate surface area is 186 Å². The average molecular weight is 463 g/mol. The normalized spacial score (nSPS) is 27.7. The van der Waals surface area contributed by atoms with Crippen molar-refractivity contribution in [3.8, 4) is 0 Å². The zero-order valence-corrected chi connectivity index (χ0v) is 17.4. The molecule has 0 bridgehead atoms. The summed E-state index contributed by atoms with van der Waals surface area (Å²) in [5.74, 6) is -3.12. The standard InChI is InChI=1S/C23H18ClF3N2O3/c24-14-8-6-12(7-9-14)20(30)19-18-17(16-5-2-10-28(16)19)21(31)29(22(18)32)15-4-1-3-13(11-15)23(25,26)27/h1,3-4,6-9,11,16-19H,2,5,10H2/t16-,17+,18-,19+/m1/s1. The van der Waals surface area contributed by atoms with Crippen LogP contribution in [0.15, 0.2) is 48.5 Å². The maximum absolute atomic E-state index is 13.4. The van der Waals surface area contributed by atoms with Gasteiger partial charge in [-0.3, -0.25) is 19.3 Å². The summed E-state index contributed by atoms with van der Waals surface area (Å²) in [5, 5.41) is 0.465. The summed E-state index contributed by atoms with van der Waals surface area (Å²) in [5.41, 5.74) is -0.682. The zero-order valence-electron chi connectivity index (χ0n) is 16.7. The molecule has 3 heterocycles. The summed E-state index contributed by atoms with van der Waals surface area (Å²) in [6.45, 7) is 0.589. The second-order valence-electron chi connectivity index (χ2n) is 8.37. The van der Waals surface area contributed by atoms with Gasteiger partial charge in [-0.2, -0.15) is 13.2 Å². The number of ketones is 1. The van der Waals surface area contributed by atoms with Crippen LogP contribution < -0.4 is 4.90 Å². The molecule has 0 spiro atoms. The largest absolute Gasteiger partial charge is 0.416 e. The molecule has 32 heavy (non-hydrogen) atoms. The van der Waals surface area contributed by atoms with E-state index >= 15 is 0 Å². The first-order chi connectivity index (χ1) is 15.2. The topological polar surface area (TPSA) is 57.7 Å². The molecule has 2 aromatic rings. The van der Waals surface area contributed by atoms with E-state index in [2.05, 4.69) is 0 Å². The molecular weight excluding hydrogens is 445 g/mol. The van der Waals surface area contributed by atoms with E-state index in [1.165, 1.54) is 12.1 Å². The van der Waals surface area contributed by atoms with Crippen molar-refractivity contribution in [1.29, 1.82) is 0 Å². The van der Waals surface area contributed by atoms with Gasteiger partial charge in [0.05, 0.1) is 29.1 Å². The smallest absolute Gasteiger partial charge is 0.292 e. The van der Waals surface area contributed by atoms with E-state index in [1.54, 1.807) is 24.3 Å². The van der Waals surface area contributed by atoms with E-state index in [9.17, 15) is 27.6 Å². The van der Waals surface area contributed by atoms with Gasteiger partial charge in [0.25, 0.3) is 0 Å². The van der Waals surface area contributed by atoms with Crippen LogP contribution in [0.1, 0.15) is 28.8 Å². The third-order valence-corrected chi connectivity index (χ3v) is 6.93. The summed E-state index contributed by atoms with van der Waals surface area (Å²) < 4.78 is 39.6. The number of fused-ring (bicyclic) bond motifs is 3. The molecule has 3 fully saturated rings. The van der Waals surface area contributed by atoms with Gasteiger partial charge >= 0.3 is 6.18 Å². The highest BCUT2D eigenvalue weighted by Crippen LogP contribution is 2.48. The van der Waals surface area contributed by atoms with Crippen molar-refractivity contribution >= 4 is 34.9 Å². The molecule has 2 amide bonds. The van der Waals surface area contributed by atoms with Gasteiger partial charge in [-0.25, -0.2) is 4.90 Å². The minimum atomic E-state index is -4.60. The fourth-order valence-corrected chi connectivity index (χ4v) is 5.50. The highest BCUT2D eigenvalue weighted by molar-refractivity contribution is 6.30. The van der Waals surface area contributed by atoms with Gasteiger partial charge in [-0.1, -0.05) is 17.7 Å². The summed E-state index contributed by atoms with van der Waals surface area (Å²) in [6, 6.07) is 9.39. The molecule has 0 aliphatic carbocycles. The lowest BCUT2D eigenvalue weighted by Crippen LogP contribution is -2.46. The highest BCUT2D eigenvalue weighted by atomic mass is 35.5. The Morgan fingerprint density at radius 2 is 1.69 bits per heavy atom. The molecule has 0 unspecified atom stereocenters. The Kier molecular flexibility index (Phi) is 4.90. The molecule has 5 rings (SSSR count). The summed E-state index contributed by atoms with van der Waals surface area (Å²) in [7, 11) is 0. The van der Waals surface area contributed by atoms with E-state index in [0.29, 0.717) is 23.6 Å². The number of nitrogens with zero attached hydrogens (tertiary/aromatic N) is 2. The molecular formula is C23H18ClF3N2O3. The van der Waals surface area contributed by atoms with Crippen molar-refractivity contribution < 1.29 is 27.6 Å². The van der Waals surface area contributed by atoms with Gasteiger partial charge in [0.1, 0.15) is 0 Å². The summed E-state index contributed by atoms with van der Waals surface area (Å²) >= 11 is 5.92. The zero-order chi connectivity index (χ0) is 22.8. The van der Waals surface area contributed by atoms with Crippen molar-refractivity contribution in [3.05, 3.63) is 64.7 Å². The van der Waals surface area contributed by atoms with Crippen molar-refractivity contribution in [3.63, 3.8) is 0 Å². The van der Waals surface area contributed by atoms with Crippen molar-refractivity contribution in [2.75, 3.05) is 11.4 Å². The van der Waals surface area contributed by atoms with Crippen LogP contribution in [0.4, 0.5) is 18.9 Å². The molecule has 166 valence electrons. The maximum Gasteiger partial charge on any atom is 0.416 e. The lowest BCUT2D eigenvalue weighted by Gasteiger charge is -2.27. The van der Waals surface area contributed by atoms with Gasteiger partial charge in [-0.05, 0) is 61.9 Å². The predicted molar refractivity (Wildman–Crippen MR) is 110 cm³/mol. The van der Waals surface area contributed by atoms with E-state index in [0.717, 1.165) is 23.5 Å².